The number of hydrogen-bond acceptors (Lipinski definition) is 9. The number of nitrogens with zero attached hydrogens (tertiary/aromatic N) is 7. The molecule has 0 saturated carbocycles. The zero-order valence-corrected chi connectivity index (χ0v) is 21.0. The molecular weight excluding hydrogens is 460 g/mol. The fraction of sp³-hybridized carbons (Fsp3) is 0.400. The average Bonchev–Trinajstić information content (AvgIpc) is 3.47. The molecule has 5 heterocycles. The molecule has 1 aliphatic heterocycles. The molecule has 180 valence electrons. The van der Waals surface area contributed by atoms with Crippen LogP contribution in [0.2, 0.25) is 0 Å². The number of rotatable bonds is 5. The van der Waals surface area contributed by atoms with E-state index in [9.17, 15) is 5.11 Å². The lowest BCUT2D eigenvalue weighted by Gasteiger charge is -2.40. The monoisotopic (exact) mass is 488 g/mol. The van der Waals surface area contributed by atoms with Gasteiger partial charge in [0.05, 0.1) is 39.8 Å². The molecule has 4 aromatic heterocycles. The van der Waals surface area contributed by atoms with E-state index in [-0.39, 0.29) is 12.0 Å². The SMILES string of the molecule is CC(C)Nc1cc(-c2ccc3cc(C#N)cnn23)ncc1-c1nnc(N2CC[C@@](C)(O)[C@@H](C)C2)s1. The molecule has 0 bridgehead atoms. The molecule has 9 nitrogen and oxygen atoms in total. The molecule has 10 heteroatoms. The number of nitrogens with one attached hydrogen (secondary N) is 1. The van der Waals surface area contributed by atoms with Gasteiger partial charge in [0.15, 0.2) is 5.01 Å². The molecule has 1 saturated heterocycles. The van der Waals surface area contributed by atoms with Crippen molar-refractivity contribution in [1.82, 2.24) is 24.8 Å². The van der Waals surface area contributed by atoms with Crippen molar-refractivity contribution in [2.45, 2.75) is 45.8 Å². The standard InChI is InChI=1S/C25H28N8OS/c1-15(2)29-20-10-21(22-6-5-18-9-17(11-26)12-28-33(18)22)27-13-19(20)23-30-31-24(35-23)32-8-7-25(4,34)16(3)14-32/h5-6,9-10,12-13,15-16,34H,7-8,14H2,1-4H3,(H,27,29)/t16-,25+/m0/s1. The summed E-state index contributed by atoms with van der Waals surface area (Å²) in [6.45, 7) is 9.66. The van der Waals surface area contributed by atoms with Gasteiger partial charge in [-0.3, -0.25) is 4.98 Å². The number of nitriles is 1. The van der Waals surface area contributed by atoms with Crippen LogP contribution in [0.5, 0.6) is 0 Å². The number of hydrogen-bond donors (Lipinski definition) is 2. The van der Waals surface area contributed by atoms with Crippen LogP contribution in [0.15, 0.2) is 36.7 Å². The molecule has 2 N–H and O–H groups in total. The van der Waals surface area contributed by atoms with Crippen LogP contribution in [0.25, 0.3) is 27.5 Å². The Morgan fingerprint density at radius 1 is 1.26 bits per heavy atom. The Bertz CT molecular complexity index is 1420. The van der Waals surface area contributed by atoms with Crippen LogP contribution in [-0.2, 0) is 0 Å². The maximum Gasteiger partial charge on any atom is 0.208 e. The molecule has 0 unspecified atom stereocenters. The summed E-state index contributed by atoms with van der Waals surface area (Å²) in [5, 5.41) is 38.2. The average molecular weight is 489 g/mol. The van der Waals surface area contributed by atoms with Gasteiger partial charge in [-0.25, -0.2) is 4.52 Å². The van der Waals surface area contributed by atoms with E-state index in [1.165, 1.54) is 11.3 Å². The summed E-state index contributed by atoms with van der Waals surface area (Å²) < 4.78 is 1.79. The van der Waals surface area contributed by atoms with Crippen LogP contribution in [0.4, 0.5) is 10.8 Å². The minimum absolute atomic E-state index is 0.150. The van der Waals surface area contributed by atoms with Crippen molar-refractivity contribution < 1.29 is 5.11 Å². The number of pyridine rings is 1. The number of piperidine rings is 1. The van der Waals surface area contributed by atoms with E-state index in [1.807, 2.05) is 37.4 Å². The first kappa shape index (κ1) is 23.2. The molecule has 0 spiro atoms. The molecule has 1 fully saturated rings. The van der Waals surface area contributed by atoms with Crippen molar-refractivity contribution in [3.8, 4) is 28.0 Å². The third-order valence-electron chi connectivity index (χ3n) is 6.60. The Balaban J connectivity index is 1.49. The summed E-state index contributed by atoms with van der Waals surface area (Å²) >= 11 is 1.54. The van der Waals surface area contributed by atoms with Gasteiger partial charge in [-0.05, 0) is 51.5 Å². The van der Waals surface area contributed by atoms with Crippen LogP contribution < -0.4 is 10.2 Å². The summed E-state index contributed by atoms with van der Waals surface area (Å²) in [7, 11) is 0. The third-order valence-corrected chi connectivity index (χ3v) is 7.62. The summed E-state index contributed by atoms with van der Waals surface area (Å²) in [5.74, 6) is 0.150. The predicted octanol–water partition coefficient (Wildman–Crippen LogP) is 4.20. The second-order valence-electron chi connectivity index (χ2n) is 9.67. The summed E-state index contributed by atoms with van der Waals surface area (Å²) in [5.41, 5.74) is 4.14. The van der Waals surface area contributed by atoms with Crippen molar-refractivity contribution in [2.75, 3.05) is 23.3 Å². The third kappa shape index (κ3) is 4.45. The van der Waals surface area contributed by atoms with Crippen molar-refractivity contribution in [3.05, 3.63) is 42.2 Å². The number of anilines is 2. The lowest BCUT2D eigenvalue weighted by molar-refractivity contribution is -0.00936. The van der Waals surface area contributed by atoms with E-state index in [4.69, 9.17) is 10.2 Å². The minimum Gasteiger partial charge on any atom is -0.390 e. The first-order valence-electron chi connectivity index (χ1n) is 11.7. The van der Waals surface area contributed by atoms with Crippen molar-refractivity contribution in [1.29, 1.82) is 5.26 Å². The van der Waals surface area contributed by atoms with E-state index in [0.717, 1.165) is 51.4 Å². The smallest absolute Gasteiger partial charge is 0.208 e. The highest BCUT2D eigenvalue weighted by Gasteiger charge is 2.35. The molecule has 2 atom stereocenters. The zero-order valence-electron chi connectivity index (χ0n) is 20.2. The van der Waals surface area contributed by atoms with E-state index in [0.29, 0.717) is 12.0 Å². The van der Waals surface area contributed by atoms with Crippen LogP contribution in [0, 0.1) is 17.2 Å². The number of fused-ring (bicyclic) bond motifs is 1. The Morgan fingerprint density at radius 3 is 2.83 bits per heavy atom. The van der Waals surface area contributed by atoms with Crippen LogP contribution in [0.3, 0.4) is 0 Å². The second-order valence-corrected chi connectivity index (χ2v) is 10.6. The Hall–Kier alpha value is -3.55. The highest BCUT2D eigenvalue weighted by atomic mass is 32.1. The molecular formula is C25H28N8OS. The normalized spacial score (nSPS) is 20.4. The van der Waals surface area contributed by atoms with Gasteiger partial charge in [0.2, 0.25) is 5.13 Å². The Morgan fingerprint density at radius 2 is 2.09 bits per heavy atom. The van der Waals surface area contributed by atoms with Crippen LogP contribution in [-0.4, -0.2) is 54.6 Å². The van der Waals surface area contributed by atoms with Gasteiger partial charge >= 0.3 is 0 Å². The summed E-state index contributed by atoms with van der Waals surface area (Å²) in [6, 6.07) is 10.0. The first-order chi connectivity index (χ1) is 16.7. The lowest BCUT2D eigenvalue weighted by Crippen LogP contribution is -2.49. The number of aromatic nitrogens is 5. The largest absolute Gasteiger partial charge is 0.390 e. The quantitative estimate of drug-likeness (QED) is 0.429. The molecule has 35 heavy (non-hydrogen) atoms. The van der Waals surface area contributed by atoms with Crippen molar-refractivity contribution in [2.24, 2.45) is 5.92 Å². The van der Waals surface area contributed by atoms with Gasteiger partial charge in [-0.1, -0.05) is 18.3 Å². The Kier molecular flexibility index (Phi) is 5.91. The van der Waals surface area contributed by atoms with E-state index in [2.05, 4.69) is 52.4 Å². The summed E-state index contributed by atoms with van der Waals surface area (Å²) in [4.78, 5) is 6.94. The maximum absolute atomic E-state index is 10.5. The first-order valence-corrected chi connectivity index (χ1v) is 12.5. The second kappa shape index (κ2) is 8.91. The molecule has 5 rings (SSSR count). The van der Waals surface area contributed by atoms with E-state index in [1.54, 1.807) is 10.7 Å². The predicted molar refractivity (Wildman–Crippen MR) is 137 cm³/mol. The summed E-state index contributed by atoms with van der Waals surface area (Å²) in [6.07, 6.45) is 4.09. The van der Waals surface area contributed by atoms with Gasteiger partial charge in [0.1, 0.15) is 6.07 Å². The fourth-order valence-electron chi connectivity index (χ4n) is 4.30. The van der Waals surface area contributed by atoms with Gasteiger partial charge in [0, 0.05) is 36.9 Å². The minimum atomic E-state index is -0.647. The molecule has 0 aliphatic carbocycles. The molecule has 4 aromatic rings. The van der Waals surface area contributed by atoms with Crippen molar-refractivity contribution >= 4 is 27.7 Å². The lowest BCUT2D eigenvalue weighted by atomic mass is 9.84. The molecule has 0 radical (unpaired) electrons. The van der Waals surface area contributed by atoms with Crippen LogP contribution >= 0.6 is 11.3 Å². The highest BCUT2D eigenvalue weighted by molar-refractivity contribution is 7.18. The Labute approximate surface area is 208 Å². The maximum atomic E-state index is 10.5. The van der Waals surface area contributed by atoms with Crippen LogP contribution in [0.1, 0.15) is 39.7 Å². The molecule has 1 aliphatic rings. The van der Waals surface area contributed by atoms with E-state index < -0.39 is 5.60 Å². The van der Waals surface area contributed by atoms with Crippen molar-refractivity contribution in [3.63, 3.8) is 0 Å². The van der Waals surface area contributed by atoms with Gasteiger partial charge in [0.25, 0.3) is 0 Å². The fourth-order valence-corrected chi connectivity index (χ4v) is 5.21. The highest BCUT2D eigenvalue weighted by Crippen LogP contribution is 2.37. The topological polar surface area (TPSA) is 115 Å². The van der Waals surface area contributed by atoms with Gasteiger partial charge < -0.3 is 15.3 Å². The van der Waals surface area contributed by atoms with Gasteiger partial charge in [-0.15, -0.1) is 10.2 Å². The zero-order chi connectivity index (χ0) is 24.7. The molecule has 0 aromatic carbocycles. The van der Waals surface area contributed by atoms with E-state index >= 15 is 0 Å². The van der Waals surface area contributed by atoms with Gasteiger partial charge in [-0.2, -0.15) is 10.4 Å². The molecule has 0 amide bonds. The number of aliphatic hydroxyl groups is 1.